The fraction of sp³-hybridized carbons (Fsp3) is 0.556. The molecule has 4 heteroatoms. The van der Waals surface area contributed by atoms with E-state index in [1.54, 1.807) is 12.1 Å². The molecule has 0 atom stereocenters. The summed E-state index contributed by atoms with van der Waals surface area (Å²) in [6, 6.07) is 7.27. The van der Waals surface area contributed by atoms with E-state index >= 15 is 0 Å². The lowest BCUT2D eigenvalue weighted by Gasteiger charge is -2.06. The van der Waals surface area contributed by atoms with Crippen molar-refractivity contribution in [2.75, 3.05) is 6.61 Å². The van der Waals surface area contributed by atoms with Gasteiger partial charge in [0.15, 0.2) is 5.78 Å². The monoisotopic (exact) mass is 306 g/mol. The zero-order valence-electron chi connectivity index (χ0n) is 13.3. The Labute approximate surface area is 132 Å². The molecule has 1 aromatic rings. The maximum absolute atomic E-state index is 12.0. The molecule has 1 rings (SSSR count). The lowest BCUT2D eigenvalue weighted by atomic mass is 10.0. The van der Waals surface area contributed by atoms with Gasteiger partial charge in [-0.3, -0.25) is 9.59 Å². The van der Waals surface area contributed by atoms with Crippen LogP contribution in [-0.2, 0) is 4.79 Å². The maximum atomic E-state index is 12.0. The highest BCUT2D eigenvalue weighted by molar-refractivity contribution is 5.96. The van der Waals surface area contributed by atoms with Gasteiger partial charge in [0.1, 0.15) is 5.75 Å². The van der Waals surface area contributed by atoms with Gasteiger partial charge in [-0.05, 0) is 43.5 Å². The normalized spacial score (nSPS) is 10.4. The smallest absolute Gasteiger partial charge is 0.303 e. The molecule has 4 nitrogen and oxygen atoms in total. The number of hydrogen-bond donors (Lipinski definition) is 1. The highest BCUT2D eigenvalue weighted by Crippen LogP contribution is 2.15. The van der Waals surface area contributed by atoms with Crippen molar-refractivity contribution in [3.8, 4) is 5.75 Å². The van der Waals surface area contributed by atoms with E-state index in [4.69, 9.17) is 9.84 Å². The van der Waals surface area contributed by atoms with Gasteiger partial charge < -0.3 is 9.84 Å². The van der Waals surface area contributed by atoms with Crippen molar-refractivity contribution in [1.29, 1.82) is 0 Å². The van der Waals surface area contributed by atoms with Gasteiger partial charge >= 0.3 is 5.97 Å². The molecular formula is C18H26O4. The van der Waals surface area contributed by atoms with E-state index < -0.39 is 5.97 Å². The molecule has 0 spiro atoms. The van der Waals surface area contributed by atoms with Crippen LogP contribution in [0.15, 0.2) is 24.3 Å². The Bertz CT molecular complexity index is 451. The molecule has 0 radical (unpaired) electrons. The van der Waals surface area contributed by atoms with E-state index in [9.17, 15) is 9.59 Å². The third kappa shape index (κ3) is 7.81. The Balaban J connectivity index is 2.26. The second kappa shape index (κ2) is 10.8. The third-order valence-electron chi connectivity index (χ3n) is 3.49. The number of ether oxygens (including phenoxy) is 1. The highest BCUT2D eigenvalue weighted by atomic mass is 16.5. The Morgan fingerprint density at radius 3 is 2.27 bits per heavy atom. The van der Waals surface area contributed by atoms with Gasteiger partial charge in [-0.15, -0.1) is 0 Å². The summed E-state index contributed by atoms with van der Waals surface area (Å²) in [5.41, 5.74) is 0.694. The van der Waals surface area contributed by atoms with Gasteiger partial charge in [-0.25, -0.2) is 0 Å². The lowest BCUT2D eigenvalue weighted by molar-refractivity contribution is -0.137. The molecule has 0 aliphatic carbocycles. The van der Waals surface area contributed by atoms with Crippen molar-refractivity contribution >= 4 is 11.8 Å². The van der Waals surface area contributed by atoms with E-state index in [0.717, 1.165) is 25.0 Å². The van der Waals surface area contributed by atoms with Crippen LogP contribution in [0.1, 0.15) is 68.6 Å². The van der Waals surface area contributed by atoms with Crippen LogP contribution in [0.4, 0.5) is 0 Å². The number of unbranched alkanes of at least 4 members (excludes halogenated alkanes) is 4. The minimum absolute atomic E-state index is 0.104. The topological polar surface area (TPSA) is 63.6 Å². The second-order valence-electron chi connectivity index (χ2n) is 5.46. The van der Waals surface area contributed by atoms with E-state index in [1.165, 1.54) is 12.8 Å². The number of hydrogen-bond acceptors (Lipinski definition) is 3. The molecule has 0 aliphatic heterocycles. The molecule has 1 N–H and O–H groups in total. The third-order valence-corrected chi connectivity index (χ3v) is 3.49. The number of carbonyl (C=O) groups is 2. The molecule has 0 saturated heterocycles. The predicted molar refractivity (Wildman–Crippen MR) is 86.5 cm³/mol. The minimum Gasteiger partial charge on any atom is -0.494 e. The van der Waals surface area contributed by atoms with Crippen LogP contribution in [0.3, 0.4) is 0 Å². The van der Waals surface area contributed by atoms with E-state index in [-0.39, 0.29) is 12.2 Å². The van der Waals surface area contributed by atoms with Crippen molar-refractivity contribution in [2.24, 2.45) is 0 Å². The summed E-state index contributed by atoms with van der Waals surface area (Å²) in [7, 11) is 0. The largest absolute Gasteiger partial charge is 0.494 e. The summed E-state index contributed by atoms with van der Waals surface area (Å²) in [5.74, 6) is 0.128. The zero-order valence-corrected chi connectivity index (χ0v) is 13.3. The second-order valence-corrected chi connectivity index (χ2v) is 5.46. The van der Waals surface area contributed by atoms with E-state index in [2.05, 4.69) is 6.92 Å². The number of rotatable bonds is 12. The zero-order chi connectivity index (χ0) is 16.2. The molecule has 0 amide bonds. The van der Waals surface area contributed by atoms with Crippen LogP contribution in [0, 0.1) is 0 Å². The Morgan fingerprint density at radius 1 is 0.955 bits per heavy atom. The first-order valence-corrected chi connectivity index (χ1v) is 8.11. The molecule has 0 heterocycles. The Hall–Kier alpha value is -1.84. The number of aliphatic carboxylic acids is 1. The molecule has 1 aromatic carbocycles. The molecule has 0 unspecified atom stereocenters. The number of benzene rings is 1. The molecule has 0 aliphatic rings. The molecule has 0 aromatic heterocycles. The van der Waals surface area contributed by atoms with Crippen LogP contribution >= 0.6 is 0 Å². The van der Waals surface area contributed by atoms with Crippen LogP contribution in [0.2, 0.25) is 0 Å². The SMILES string of the molecule is CCCCCOc1ccc(C(=O)CCCCCC(=O)O)cc1. The Kier molecular flexibility index (Phi) is 8.96. The summed E-state index contributed by atoms with van der Waals surface area (Å²) < 4.78 is 5.61. The molecule has 0 fully saturated rings. The number of carboxylic acids is 1. The summed E-state index contributed by atoms with van der Waals surface area (Å²) in [5, 5.41) is 8.54. The molecule has 122 valence electrons. The van der Waals surface area contributed by atoms with Crippen molar-refractivity contribution in [3.05, 3.63) is 29.8 Å². The first-order chi connectivity index (χ1) is 10.6. The van der Waals surface area contributed by atoms with E-state index in [0.29, 0.717) is 25.0 Å². The quantitative estimate of drug-likeness (QED) is 0.457. The number of ketones is 1. The van der Waals surface area contributed by atoms with Crippen molar-refractivity contribution < 1.29 is 19.4 Å². The predicted octanol–water partition coefficient (Wildman–Crippen LogP) is 4.47. The molecular weight excluding hydrogens is 280 g/mol. The summed E-state index contributed by atoms with van der Waals surface area (Å²) in [6.07, 6.45) is 6.18. The molecule has 22 heavy (non-hydrogen) atoms. The van der Waals surface area contributed by atoms with Gasteiger partial charge in [0.25, 0.3) is 0 Å². The first-order valence-electron chi connectivity index (χ1n) is 8.11. The summed E-state index contributed by atoms with van der Waals surface area (Å²) in [6.45, 7) is 2.87. The number of Topliss-reactive ketones (excluding diaryl/α,β-unsaturated/α-hetero) is 1. The maximum Gasteiger partial charge on any atom is 0.303 e. The minimum atomic E-state index is -0.777. The first kappa shape index (κ1) is 18.2. The van der Waals surface area contributed by atoms with Crippen LogP contribution in [0.5, 0.6) is 5.75 Å². The number of carbonyl (C=O) groups excluding carboxylic acids is 1. The van der Waals surface area contributed by atoms with Crippen molar-refractivity contribution in [1.82, 2.24) is 0 Å². The fourth-order valence-electron chi connectivity index (χ4n) is 2.16. The van der Waals surface area contributed by atoms with Gasteiger partial charge in [-0.2, -0.15) is 0 Å². The van der Waals surface area contributed by atoms with Gasteiger partial charge in [0.05, 0.1) is 6.61 Å². The van der Waals surface area contributed by atoms with Gasteiger partial charge in [-0.1, -0.05) is 26.2 Å². The average molecular weight is 306 g/mol. The summed E-state index contributed by atoms with van der Waals surface area (Å²) >= 11 is 0. The summed E-state index contributed by atoms with van der Waals surface area (Å²) in [4.78, 5) is 22.4. The molecule has 0 saturated carbocycles. The Morgan fingerprint density at radius 2 is 1.64 bits per heavy atom. The van der Waals surface area contributed by atoms with Crippen LogP contribution in [-0.4, -0.2) is 23.5 Å². The lowest BCUT2D eigenvalue weighted by Crippen LogP contribution is -2.01. The van der Waals surface area contributed by atoms with Crippen LogP contribution in [0.25, 0.3) is 0 Å². The molecule has 0 bridgehead atoms. The van der Waals surface area contributed by atoms with E-state index in [1.807, 2.05) is 12.1 Å². The number of carboxylic acid groups (broad SMARTS) is 1. The van der Waals surface area contributed by atoms with Crippen LogP contribution < -0.4 is 4.74 Å². The average Bonchev–Trinajstić information content (AvgIpc) is 2.51. The fourth-order valence-corrected chi connectivity index (χ4v) is 2.16. The standard InChI is InChI=1S/C18H26O4/c1-2-3-7-14-22-16-12-10-15(11-13-16)17(19)8-5-4-6-9-18(20)21/h10-13H,2-9,14H2,1H3,(H,20,21). The van der Waals surface area contributed by atoms with Gasteiger partial charge in [0.2, 0.25) is 0 Å². The van der Waals surface area contributed by atoms with Crippen molar-refractivity contribution in [3.63, 3.8) is 0 Å². The van der Waals surface area contributed by atoms with Crippen molar-refractivity contribution in [2.45, 2.75) is 58.3 Å². The van der Waals surface area contributed by atoms with Gasteiger partial charge in [0, 0.05) is 18.4 Å². The highest BCUT2D eigenvalue weighted by Gasteiger charge is 2.06.